The van der Waals surface area contributed by atoms with Gasteiger partial charge in [0.2, 0.25) is 0 Å². The third-order valence-electron chi connectivity index (χ3n) is 2.98. The number of hydrogen-bond donors (Lipinski definition) is 1. The molecule has 0 aromatic carbocycles. The van der Waals surface area contributed by atoms with E-state index < -0.39 is 0 Å². The lowest BCUT2D eigenvalue weighted by molar-refractivity contribution is 0.0651. The molecule has 1 aromatic rings. The van der Waals surface area contributed by atoms with Crippen LogP contribution in [0, 0.1) is 6.92 Å². The van der Waals surface area contributed by atoms with Crippen molar-refractivity contribution in [3.8, 4) is 0 Å². The first kappa shape index (κ1) is 14.9. The standard InChI is InChI=1S/C13H19N3O.ClH/c1-10-6-11(8-14-7-10)12(17)16-5-4-15-13(2,3)9-16;/h6-8,15H,4-5,9H2,1-3H3;1H. The minimum absolute atomic E-state index is 0. The van der Waals surface area contributed by atoms with Crippen LogP contribution in [0.15, 0.2) is 18.5 Å². The Labute approximate surface area is 114 Å². The number of rotatable bonds is 1. The van der Waals surface area contributed by atoms with Gasteiger partial charge >= 0.3 is 0 Å². The molecule has 2 heterocycles. The summed E-state index contributed by atoms with van der Waals surface area (Å²) in [5.74, 6) is 0.0794. The van der Waals surface area contributed by atoms with Gasteiger partial charge in [0.1, 0.15) is 0 Å². The number of pyridine rings is 1. The van der Waals surface area contributed by atoms with Gasteiger partial charge in [-0.25, -0.2) is 0 Å². The lowest BCUT2D eigenvalue weighted by Gasteiger charge is -2.39. The van der Waals surface area contributed by atoms with Crippen molar-refractivity contribution in [1.29, 1.82) is 0 Å². The van der Waals surface area contributed by atoms with Gasteiger partial charge in [0.05, 0.1) is 5.56 Å². The van der Waals surface area contributed by atoms with Crippen LogP contribution in [0.25, 0.3) is 0 Å². The van der Waals surface area contributed by atoms with Crippen LogP contribution in [-0.2, 0) is 0 Å². The molecule has 0 spiro atoms. The van der Waals surface area contributed by atoms with Crippen molar-refractivity contribution < 1.29 is 4.79 Å². The maximum Gasteiger partial charge on any atom is 0.255 e. The fourth-order valence-electron chi connectivity index (χ4n) is 2.17. The van der Waals surface area contributed by atoms with E-state index >= 15 is 0 Å². The Bertz CT molecular complexity index is 434. The molecule has 0 radical (unpaired) electrons. The summed E-state index contributed by atoms with van der Waals surface area (Å²) >= 11 is 0. The van der Waals surface area contributed by atoms with Crippen LogP contribution in [0.1, 0.15) is 29.8 Å². The van der Waals surface area contributed by atoms with Gasteiger partial charge in [0.25, 0.3) is 5.91 Å². The van der Waals surface area contributed by atoms with Crippen LogP contribution in [0.3, 0.4) is 0 Å². The average molecular weight is 270 g/mol. The van der Waals surface area contributed by atoms with Crippen molar-refractivity contribution in [2.24, 2.45) is 0 Å². The topological polar surface area (TPSA) is 45.2 Å². The highest BCUT2D eigenvalue weighted by Gasteiger charge is 2.29. The van der Waals surface area contributed by atoms with Crippen LogP contribution in [0.2, 0.25) is 0 Å². The molecule has 100 valence electrons. The molecule has 1 aromatic heterocycles. The van der Waals surface area contributed by atoms with Crippen LogP contribution >= 0.6 is 12.4 Å². The summed E-state index contributed by atoms with van der Waals surface area (Å²) in [5, 5.41) is 3.40. The zero-order valence-electron chi connectivity index (χ0n) is 11.1. The van der Waals surface area contributed by atoms with Gasteiger partial charge in [-0.05, 0) is 32.4 Å². The smallest absolute Gasteiger partial charge is 0.255 e. The van der Waals surface area contributed by atoms with Gasteiger partial charge in [0.15, 0.2) is 0 Å². The highest BCUT2D eigenvalue weighted by atomic mass is 35.5. The van der Waals surface area contributed by atoms with Gasteiger partial charge in [0, 0.05) is 37.6 Å². The van der Waals surface area contributed by atoms with Crippen molar-refractivity contribution in [2.45, 2.75) is 26.3 Å². The molecule has 1 aliphatic heterocycles. The predicted octanol–water partition coefficient (Wildman–Crippen LogP) is 1.64. The molecule has 1 N–H and O–H groups in total. The molecule has 1 amide bonds. The lowest BCUT2D eigenvalue weighted by Crippen LogP contribution is -2.58. The Morgan fingerprint density at radius 2 is 2.17 bits per heavy atom. The minimum atomic E-state index is -0.00877. The van der Waals surface area contributed by atoms with Crippen LogP contribution in [0.4, 0.5) is 0 Å². The van der Waals surface area contributed by atoms with Crippen molar-refractivity contribution in [1.82, 2.24) is 15.2 Å². The summed E-state index contributed by atoms with van der Waals surface area (Å²) in [7, 11) is 0. The summed E-state index contributed by atoms with van der Waals surface area (Å²) in [6, 6.07) is 1.89. The number of nitrogens with one attached hydrogen (secondary N) is 1. The van der Waals surface area contributed by atoms with E-state index in [1.54, 1.807) is 12.4 Å². The Kier molecular flexibility index (Phi) is 4.71. The largest absolute Gasteiger partial charge is 0.335 e. The minimum Gasteiger partial charge on any atom is -0.335 e. The van der Waals surface area contributed by atoms with E-state index in [2.05, 4.69) is 24.1 Å². The van der Waals surface area contributed by atoms with Gasteiger partial charge in [-0.2, -0.15) is 0 Å². The maximum atomic E-state index is 12.3. The first-order valence-electron chi connectivity index (χ1n) is 5.94. The molecule has 1 fully saturated rings. The van der Waals surface area contributed by atoms with Crippen LogP contribution < -0.4 is 5.32 Å². The van der Waals surface area contributed by atoms with Crippen molar-refractivity contribution in [3.63, 3.8) is 0 Å². The lowest BCUT2D eigenvalue weighted by atomic mass is 10.0. The van der Waals surface area contributed by atoms with E-state index in [4.69, 9.17) is 0 Å². The molecule has 1 aliphatic rings. The quantitative estimate of drug-likeness (QED) is 0.843. The molecule has 5 heteroatoms. The first-order chi connectivity index (χ1) is 7.98. The average Bonchev–Trinajstić information content (AvgIpc) is 2.26. The second-order valence-electron chi connectivity index (χ2n) is 5.29. The Morgan fingerprint density at radius 3 is 2.78 bits per heavy atom. The van der Waals surface area contributed by atoms with E-state index in [1.807, 2.05) is 17.9 Å². The molecule has 4 nitrogen and oxygen atoms in total. The number of nitrogens with zero attached hydrogens (tertiary/aromatic N) is 2. The molecule has 0 unspecified atom stereocenters. The Morgan fingerprint density at radius 1 is 1.44 bits per heavy atom. The van der Waals surface area contributed by atoms with Crippen molar-refractivity contribution >= 4 is 18.3 Å². The molecule has 2 rings (SSSR count). The highest BCUT2D eigenvalue weighted by Crippen LogP contribution is 2.13. The number of carbonyl (C=O) groups excluding carboxylic acids is 1. The second-order valence-corrected chi connectivity index (χ2v) is 5.29. The number of carbonyl (C=O) groups is 1. The summed E-state index contributed by atoms with van der Waals surface area (Å²) in [5.41, 5.74) is 1.69. The number of aryl methyl sites for hydroxylation is 1. The fraction of sp³-hybridized carbons (Fsp3) is 0.538. The number of amides is 1. The predicted molar refractivity (Wildman–Crippen MR) is 74.2 cm³/mol. The normalized spacial score (nSPS) is 18.1. The Balaban J connectivity index is 0.00000162. The van der Waals surface area contributed by atoms with Gasteiger partial charge in [-0.3, -0.25) is 9.78 Å². The zero-order valence-corrected chi connectivity index (χ0v) is 11.9. The van der Waals surface area contributed by atoms with Gasteiger partial charge in [-0.15, -0.1) is 12.4 Å². The molecule has 0 saturated carbocycles. The van der Waals surface area contributed by atoms with Crippen molar-refractivity contribution in [2.75, 3.05) is 19.6 Å². The van der Waals surface area contributed by atoms with Crippen LogP contribution in [-0.4, -0.2) is 41.0 Å². The van der Waals surface area contributed by atoms with Gasteiger partial charge in [-0.1, -0.05) is 0 Å². The maximum absolute atomic E-state index is 12.3. The number of aromatic nitrogens is 1. The van der Waals surface area contributed by atoms with E-state index in [-0.39, 0.29) is 23.9 Å². The molecule has 0 aliphatic carbocycles. The van der Waals surface area contributed by atoms with E-state index in [0.29, 0.717) is 5.56 Å². The van der Waals surface area contributed by atoms with Crippen LogP contribution in [0.5, 0.6) is 0 Å². The summed E-state index contributed by atoms with van der Waals surface area (Å²) in [6.07, 6.45) is 3.41. The summed E-state index contributed by atoms with van der Waals surface area (Å²) < 4.78 is 0. The molecular formula is C13H20ClN3O. The highest BCUT2D eigenvalue weighted by molar-refractivity contribution is 5.94. The number of hydrogen-bond acceptors (Lipinski definition) is 3. The molecular weight excluding hydrogens is 250 g/mol. The van der Waals surface area contributed by atoms with Gasteiger partial charge < -0.3 is 10.2 Å². The zero-order chi connectivity index (χ0) is 12.5. The third-order valence-corrected chi connectivity index (χ3v) is 2.98. The second kappa shape index (κ2) is 5.67. The summed E-state index contributed by atoms with van der Waals surface area (Å²) in [4.78, 5) is 18.3. The SMILES string of the molecule is Cc1cncc(C(=O)N2CCNC(C)(C)C2)c1.Cl. The summed E-state index contributed by atoms with van der Waals surface area (Å²) in [6.45, 7) is 8.52. The number of piperazine rings is 1. The Hall–Kier alpha value is -1.13. The number of halogens is 1. The van der Waals surface area contributed by atoms with E-state index in [0.717, 1.165) is 25.2 Å². The molecule has 18 heavy (non-hydrogen) atoms. The van der Waals surface area contributed by atoms with E-state index in [1.165, 1.54) is 0 Å². The molecule has 1 saturated heterocycles. The fourth-order valence-corrected chi connectivity index (χ4v) is 2.17. The van der Waals surface area contributed by atoms with Crippen molar-refractivity contribution in [3.05, 3.63) is 29.6 Å². The molecule has 0 bridgehead atoms. The third kappa shape index (κ3) is 3.43. The molecule has 0 atom stereocenters. The monoisotopic (exact) mass is 269 g/mol. The van der Waals surface area contributed by atoms with E-state index in [9.17, 15) is 4.79 Å². The first-order valence-corrected chi connectivity index (χ1v) is 5.94.